The van der Waals surface area contributed by atoms with E-state index in [2.05, 4.69) is 22.4 Å². The number of hydrogen-bond acceptors (Lipinski definition) is 5. The molecule has 2 aromatic heterocycles. The third kappa shape index (κ3) is 3.65. The van der Waals surface area contributed by atoms with Crippen LogP contribution >= 0.6 is 11.3 Å². The van der Waals surface area contributed by atoms with E-state index < -0.39 is 0 Å². The summed E-state index contributed by atoms with van der Waals surface area (Å²) in [5.74, 6) is 0.0495. The average molecular weight is 353 g/mol. The van der Waals surface area contributed by atoms with E-state index in [0.29, 0.717) is 5.56 Å². The largest absolute Gasteiger partial charge is 0.472 e. The molecule has 25 heavy (non-hydrogen) atoms. The van der Waals surface area contributed by atoms with Gasteiger partial charge in [0.05, 0.1) is 17.5 Å². The van der Waals surface area contributed by atoms with Crippen LogP contribution in [0.15, 0.2) is 58.7 Å². The number of furan rings is 1. The van der Waals surface area contributed by atoms with Crippen molar-refractivity contribution >= 4 is 17.2 Å². The van der Waals surface area contributed by atoms with Gasteiger partial charge >= 0.3 is 0 Å². The number of hydrogen-bond donors (Lipinski definition) is 0. The minimum absolute atomic E-state index is 0.0495. The lowest BCUT2D eigenvalue weighted by atomic mass is 10.2. The molecule has 0 N–H and O–H groups in total. The summed E-state index contributed by atoms with van der Waals surface area (Å²) in [5.41, 5.74) is 2.88. The van der Waals surface area contributed by atoms with Gasteiger partial charge in [0.15, 0.2) is 0 Å². The van der Waals surface area contributed by atoms with Crippen molar-refractivity contribution in [3.05, 3.63) is 65.6 Å². The maximum Gasteiger partial charge on any atom is 0.257 e. The van der Waals surface area contributed by atoms with Crippen molar-refractivity contribution in [2.24, 2.45) is 0 Å². The maximum atomic E-state index is 12.3. The van der Waals surface area contributed by atoms with E-state index in [9.17, 15) is 4.79 Å². The molecule has 1 aliphatic heterocycles. The van der Waals surface area contributed by atoms with E-state index in [1.807, 2.05) is 23.1 Å². The van der Waals surface area contributed by atoms with Crippen LogP contribution in [-0.2, 0) is 6.54 Å². The lowest BCUT2D eigenvalue weighted by molar-refractivity contribution is 0.0626. The predicted molar refractivity (Wildman–Crippen MR) is 97.4 cm³/mol. The Bertz CT molecular complexity index is 821. The lowest BCUT2D eigenvalue weighted by Crippen LogP contribution is -2.48. The first-order chi connectivity index (χ1) is 12.3. The summed E-state index contributed by atoms with van der Waals surface area (Å²) < 4.78 is 5.00. The predicted octanol–water partition coefficient (Wildman–Crippen LogP) is 3.36. The number of aromatic nitrogens is 1. The van der Waals surface area contributed by atoms with Crippen molar-refractivity contribution in [2.75, 3.05) is 26.2 Å². The second-order valence-corrected chi connectivity index (χ2v) is 6.95. The molecule has 3 aromatic rings. The van der Waals surface area contributed by atoms with Gasteiger partial charge in [-0.05, 0) is 6.07 Å². The van der Waals surface area contributed by atoms with Gasteiger partial charge in [-0.1, -0.05) is 30.3 Å². The molecule has 0 unspecified atom stereocenters. The Kier molecular flexibility index (Phi) is 4.63. The monoisotopic (exact) mass is 353 g/mol. The van der Waals surface area contributed by atoms with Gasteiger partial charge in [0, 0.05) is 43.7 Å². The highest BCUT2D eigenvalue weighted by Crippen LogP contribution is 2.24. The molecular formula is C19H19N3O2S. The summed E-state index contributed by atoms with van der Waals surface area (Å²) in [6, 6.07) is 12.0. The molecule has 1 aromatic carbocycles. The summed E-state index contributed by atoms with van der Waals surface area (Å²) in [7, 11) is 0. The van der Waals surface area contributed by atoms with Crippen molar-refractivity contribution in [2.45, 2.75) is 6.54 Å². The molecule has 0 saturated carbocycles. The normalized spacial score (nSPS) is 15.4. The Morgan fingerprint density at radius 3 is 2.64 bits per heavy atom. The van der Waals surface area contributed by atoms with Crippen LogP contribution in [0, 0.1) is 0 Å². The third-order valence-corrected chi connectivity index (χ3v) is 5.33. The van der Waals surface area contributed by atoms with Crippen LogP contribution in [-0.4, -0.2) is 46.9 Å². The minimum atomic E-state index is 0.0495. The molecule has 128 valence electrons. The van der Waals surface area contributed by atoms with E-state index >= 15 is 0 Å². The van der Waals surface area contributed by atoms with Crippen LogP contribution in [0.4, 0.5) is 0 Å². The number of thiazole rings is 1. The highest BCUT2D eigenvalue weighted by molar-refractivity contribution is 7.13. The number of carbonyl (C=O) groups is 1. The fourth-order valence-corrected chi connectivity index (χ4v) is 3.82. The average Bonchev–Trinajstić information content (AvgIpc) is 3.35. The number of piperazine rings is 1. The van der Waals surface area contributed by atoms with Crippen LogP contribution in [0.5, 0.6) is 0 Å². The highest BCUT2D eigenvalue weighted by Gasteiger charge is 2.23. The Morgan fingerprint density at radius 1 is 1.12 bits per heavy atom. The lowest BCUT2D eigenvalue weighted by Gasteiger charge is -2.34. The van der Waals surface area contributed by atoms with E-state index in [1.165, 1.54) is 12.5 Å². The van der Waals surface area contributed by atoms with E-state index in [4.69, 9.17) is 9.40 Å². The van der Waals surface area contributed by atoms with Crippen molar-refractivity contribution in [1.29, 1.82) is 0 Å². The molecule has 0 atom stereocenters. The second-order valence-electron chi connectivity index (χ2n) is 6.09. The van der Waals surface area contributed by atoms with Gasteiger partial charge in [-0.2, -0.15) is 0 Å². The fraction of sp³-hybridized carbons (Fsp3) is 0.263. The number of benzene rings is 1. The summed E-state index contributed by atoms with van der Waals surface area (Å²) >= 11 is 1.68. The smallest absolute Gasteiger partial charge is 0.257 e. The standard InChI is InChI=1S/C19H19N3O2S/c23-19(16-6-11-24-13-16)22-9-7-21(8-10-22)12-17-14-25-18(20-17)15-4-2-1-3-5-15/h1-6,11,13-14H,7-10,12H2. The molecule has 5 nitrogen and oxygen atoms in total. The summed E-state index contributed by atoms with van der Waals surface area (Å²) in [5, 5.41) is 3.19. The van der Waals surface area contributed by atoms with Crippen molar-refractivity contribution in [3.63, 3.8) is 0 Å². The van der Waals surface area contributed by atoms with E-state index in [1.54, 1.807) is 17.4 Å². The number of rotatable bonds is 4. The molecule has 1 fully saturated rings. The quantitative estimate of drug-likeness (QED) is 0.722. The number of amides is 1. The Balaban J connectivity index is 1.33. The van der Waals surface area contributed by atoms with Crippen molar-refractivity contribution in [1.82, 2.24) is 14.8 Å². The van der Waals surface area contributed by atoms with Crippen LogP contribution < -0.4 is 0 Å². The molecule has 1 aliphatic rings. The number of carbonyl (C=O) groups excluding carboxylic acids is 1. The first-order valence-corrected chi connectivity index (χ1v) is 9.21. The molecule has 6 heteroatoms. The zero-order valence-electron chi connectivity index (χ0n) is 13.8. The maximum absolute atomic E-state index is 12.3. The molecule has 0 aliphatic carbocycles. The fourth-order valence-electron chi connectivity index (χ4n) is 3.00. The van der Waals surface area contributed by atoms with Crippen LogP contribution in [0.2, 0.25) is 0 Å². The minimum Gasteiger partial charge on any atom is -0.472 e. The van der Waals surface area contributed by atoms with Gasteiger partial charge in [-0.25, -0.2) is 4.98 Å². The van der Waals surface area contributed by atoms with Gasteiger partial charge in [-0.3, -0.25) is 9.69 Å². The molecule has 3 heterocycles. The first kappa shape index (κ1) is 16.1. The zero-order valence-corrected chi connectivity index (χ0v) is 14.6. The molecule has 1 saturated heterocycles. The van der Waals surface area contributed by atoms with Crippen LogP contribution in [0.25, 0.3) is 10.6 Å². The third-order valence-electron chi connectivity index (χ3n) is 4.39. The van der Waals surface area contributed by atoms with Gasteiger partial charge in [0.1, 0.15) is 11.3 Å². The Morgan fingerprint density at radius 2 is 1.92 bits per heavy atom. The van der Waals surface area contributed by atoms with Gasteiger partial charge in [0.25, 0.3) is 5.91 Å². The SMILES string of the molecule is O=C(c1ccoc1)N1CCN(Cc2csc(-c3ccccc3)n2)CC1. The summed E-state index contributed by atoms with van der Waals surface area (Å²) in [6.45, 7) is 4.03. The van der Waals surface area contributed by atoms with E-state index in [0.717, 1.165) is 49.0 Å². The first-order valence-electron chi connectivity index (χ1n) is 8.33. The molecule has 0 radical (unpaired) electrons. The van der Waals surface area contributed by atoms with E-state index in [-0.39, 0.29) is 5.91 Å². The molecule has 4 rings (SSSR count). The molecule has 1 amide bonds. The van der Waals surface area contributed by atoms with Crippen LogP contribution in [0.1, 0.15) is 16.1 Å². The number of nitrogens with zero attached hydrogens (tertiary/aromatic N) is 3. The Labute approximate surface area is 150 Å². The summed E-state index contributed by atoms with van der Waals surface area (Å²) in [4.78, 5) is 21.3. The Hall–Kier alpha value is -2.44. The van der Waals surface area contributed by atoms with Crippen LogP contribution in [0.3, 0.4) is 0 Å². The van der Waals surface area contributed by atoms with Crippen molar-refractivity contribution < 1.29 is 9.21 Å². The molecular weight excluding hydrogens is 334 g/mol. The zero-order chi connectivity index (χ0) is 17.1. The van der Waals surface area contributed by atoms with Crippen molar-refractivity contribution in [3.8, 4) is 10.6 Å². The summed E-state index contributed by atoms with van der Waals surface area (Å²) in [6.07, 6.45) is 3.05. The van der Waals surface area contributed by atoms with Gasteiger partial charge in [0.2, 0.25) is 0 Å². The second kappa shape index (κ2) is 7.21. The molecule has 0 bridgehead atoms. The topological polar surface area (TPSA) is 49.6 Å². The van der Waals surface area contributed by atoms with Gasteiger partial charge in [-0.15, -0.1) is 11.3 Å². The molecule has 0 spiro atoms. The highest BCUT2D eigenvalue weighted by atomic mass is 32.1. The van der Waals surface area contributed by atoms with Gasteiger partial charge < -0.3 is 9.32 Å².